The minimum Gasteiger partial charge on any atom is -0.339 e. The molecule has 0 aliphatic carbocycles. The van der Waals surface area contributed by atoms with E-state index in [1.54, 1.807) is 9.58 Å². The van der Waals surface area contributed by atoms with Crippen molar-refractivity contribution in [2.75, 3.05) is 31.1 Å². The van der Waals surface area contributed by atoms with Crippen LogP contribution in [-0.2, 0) is 5.54 Å². The average molecular weight is 431 g/mol. The lowest BCUT2D eigenvalue weighted by Crippen LogP contribution is -2.49. The number of aromatic nitrogens is 4. The third-order valence-electron chi connectivity index (χ3n) is 4.91. The van der Waals surface area contributed by atoms with Gasteiger partial charge in [0.05, 0.1) is 21.5 Å². The average Bonchev–Trinajstić information content (AvgIpc) is 3.35. The lowest BCUT2D eigenvalue weighted by molar-refractivity contribution is -0.380. The summed E-state index contributed by atoms with van der Waals surface area (Å²) in [6.45, 7) is 7.77. The molecule has 3 aromatic rings. The maximum Gasteiger partial charge on any atom is 0.324 e. The van der Waals surface area contributed by atoms with E-state index < -0.39 is 4.92 Å². The topological polar surface area (TPSA) is 130 Å². The summed E-state index contributed by atoms with van der Waals surface area (Å²) in [7, 11) is 0. The Labute approximate surface area is 175 Å². The second kappa shape index (κ2) is 7.20. The van der Waals surface area contributed by atoms with E-state index in [9.17, 15) is 19.7 Å². The van der Waals surface area contributed by atoms with Gasteiger partial charge in [-0.2, -0.15) is 10.1 Å². The minimum atomic E-state index is -0.500. The monoisotopic (exact) mass is 431 g/mol. The molecule has 12 heteroatoms. The molecule has 1 aliphatic heterocycles. The number of nitrogens with one attached hydrogen (secondary N) is 1. The quantitative estimate of drug-likeness (QED) is 0.494. The van der Waals surface area contributed by atoms with Crippen molar-refractivity contribution in [3.63, 3.8) is 0 Å². The molecule has 1 aliphatic rings. The Kier molecular flexibility index (Phi) is 4.80. The SMILES string of the molecule is CC(C)(C)n1ncc2c(=O)[nH]c(N3CCN(C(=O)c4ccc([N+](=O)[O-])s4)CC3)nc21. The van der Waals surface area contributed by atoms with E-state index in [0.717, 1.165) is 11.3 Å². The molecule has 158 valence electrons. The number of rotatable bonds is 3. The third kappa shape index (κ3) is 3.54. The summed E-state index contributed by atoms with van der Waals surface area (Å²) in [5.41, 5.74) is -0.0608. The van der Waals surface area contributed by atoms with Gasteiger partial charge >= 0.3 is 5.00 Å². The van der Waals surface area contributed by atoms with Gasteiger partial charge in [0.15, 0.2) is 5.65 Å². The van der Waals surface area contributed by atoms with Gasteiger partial charge in [-0.25, -0.2) is 4.68 Å². The van der Waals surface area contributed by atoms with Gasteiger partial charge in [0, 0.05) is 32.2 Å². The van der Waals surface area contributed by atoms with Crippen molar-refractivity contribution in [2.45, 2.75) is 26.3 Å². The molecule has 11 nitrogen and oxygen atoms in total. The first kappa shape index (κ1) is 20.0. The number of piperazine rings is 1. The molecule has 0 unspecified atom stereocenters. The summed E-state index contributed by atoms with van der Waals surface area (Å²) >= 11 is 0.875. The number of hydrogen-bond donors (Lipinski definition) is 1. The maximum atomic E-state index is 12.6. The molecule has 4 heterocycles. The number of H-pyrrole nitrogens is 1. The molecule has 3 aromatic heterocycles. The van der Waals surface area contributed by atoms with Crippen LogP contribution in [0, 0.1) is 10.1 Å². The number of hydrogen-bond acceptors (Lipinski definition) is 8. The van der Waals surface area contributed by atoms with E-state index >= 15 is 0 Å². The number of carbonyl (C=O) groups excluding carboxylic acids is 1. The van der Waals surface area contributed by atoms with Crippen LogP contribution in [0.25, 0.3) is 11.0 Å². The lowest BCUT2D eigenvalue weighted by Gasteiger charge is -2.34. The highest BCUT2D eigenvalue weighted by Gasteiger charge is 2.27. The molecule has 1 saturated heterocycles. The van der Waals surface area contributed by atoms with Crippen molar-refractivity contribution in [2.24, 2.45) is 0 Å². The van der Waals surface area contributed by atoms with Crippen molar-refractivity contribution in [3.8, 4) is 0 Å². The third-order valence-corrected chi connectivity index (χ3v) is 5.93. The first-order valence-corrected chi connectivity index (χ1v) is 10.2. The van der Waals surface area contributed by atoms with Crippen LogP contribution in [0.5, 0.6) is 0 Å². The molecule has 1 amide bonds. The van der Waals surface area contributed by atoms with Crippen LogP contribution < -0.4 is 10.5 Å². The molecule has 0 spiro atoms. The van der Waals surface area contributed by atoms with Crippen molar-refractivity contribution in [1.29, 1.82) is 0 Å². The highest BCUT2D eigenvalue weighted by Crippen LogP contribution is 2.26. The van der Waals surface area contributed by atoms with E-state index in [1.807, 2.05) is 25.7 Å². The van der Waals surface area contributed by atoms with Gasteiger partial charge in [-0.05, 0) is 26.8 Å². The van der Waals surface area contributed by atoms with Crippen LogP contribution in [0.3, 0.4) is 0 Å². The summed E-state index contributed by atoms with van der Waals surface area (Å²) < 4.78 is 1.73. The summed E-state index contributed by atoms with van der Waals surface area (Å²) in [4.78, 5) is 46.8. The predicted octanol–water partition coefficient (Wildman–Crippen LogP) is 1.81. The zero-order valence-electron chi connectivity index (χ0n) is 16.8. The van der Waals surface area contributed by atoms with Crippen molar-refractivity contribution >= 4 is 39.2 Å². The minimum absolute atomic E-state index is 0.0532. The zero-order valence-corrected chi connectivity index (χ0v) is 17.6. The van der Waals surface area contributed by atoms with E-state index in [1.165, 1.54) is 18.3 Å². The van der Waals surface area contributed by atoms with Gasteiger partial charge in [-0.15, -0.1) is 0 Å². The Bertz CT molecular complexity index is 1180. The van der Waals surface area contributed by atoms with E-state index in [4.69, 9.17) is 0 Å². The summed E-state index contributed by atoms with van der Waals surface area (Å²) in [5, 5.41) is 15.5. The molecule has 0 radical (unpaired) electrons. The Balaban J connectivity index is 1.52. The number of fused-ring (bicyclic) bond motifs is 1. The van der Waals surface area contributed by atoms with Gasteiger partial charge in [0.2, 0.25) is 5.95 Å². The molecule has 0 aromatic carbocycles. The zero-order chi connectivity index (χ0) is 21.6. The second-order valence-corrected chi connectivity index (χ2v) is 9.09. The Morgan fingerprint density at radius 2 is 1.93 bits per heavy atom. The first-order valence-electron chi connectivity index (χ1n) is 9.42. The molecule has 0 bridgehead atoms. The molecular weight excluding hydrogens is 410 g/mol. The van der Waals surface area contributed by atoms with Gasteiger partial charge in [-0.3, -0.25) is 24.7 Å². The molecule has 30 heavy (non-hydrogen) atoms. The molecule has 4 rings (SSSR count). The fourth-order valence-corrected chi connectivity index (χ4v) is 4.15. The standard InChI is InChI=1S/C18H21N7O4S/c1-18(2,3)24-14-11(10-19-24)15(26)21-17(20-14)23-8-6-22(7-9-23)16(27)12-4-5-13(30-12)25(28)29/h4-5,10H,6-9H2,1-3H3,(H,20,21,26). The highest BCUT2D eigenvalue weighted by atomic mass is 32.1. The fourth-order valence-electron chi connectivity index (χ4n) is 3.37. The van der Waals surface area contributed by atoms with Crippen molar-refractivity contribution in [3.05, 3.63) is 43.7 Å². The maximum absolute atomic E-state index is 12.6. The number of aromatic amines is 1. The van der Waals surface area contributed by atoms with Crippen LogP contribution in [0.1, 0.15) is 30.4 Å². The Hall–Kier alpha value is -3.28. The van der Waals surface area contributed by atoms with Crippen LogP contribution in [0.2, 0.25) is 0 Å². The predicted molar refractivity (Wildman–Crippen MR) is 112 cm³/mol. The second-order valence-electron chi connectivity index (χ2n) is 8.03. The van der Waals surface area contributed by atoms with Crippen LogP contribution >= 0.6 is 11.3 Å². The van der Waals surface area contributed by atoms with E-state index in [2.05, 4.69) is 15.1 Å². The Morgan fingerprint density at radius 3 is 2.53 bits per heavy atom. The normalized spacial score (nSPS) is 15.0. The van der Waals surface area contributed by atoms with Crippen LogP contribution in [-0.4, -0.2) is 61.7 Å². The fraction of sp³-hybridized carbons (Fsp3) is 0.444. The van der Waals surface area contributed by atoms with Crippen molar-refractivity contribution in [1.82, 2.24) is 24.6 Å². The smallest absolute Gasteiger partial charge is 0.324 e. The first-order chi connectivity index (χ1) is 14.1. The molecule has 1 N–H and O–H groups in total. The number of nitrogens with zero attached hydrogens (tertiary/aromatic N) is 6. The summed E-state index contributed by atoms with van der Waals surface area (Å²) in [6, 6.07) is 2.83. The van der Waals surface area contributed by atoms with Crippen LogP contribution in [0.15, 0.2) is 23.1 Å². The largest absolute Gasteiger partial charge is 0.339 e. The number of carbonyl (C=O) groups is 1. The highest BCUT2D eigenvalue weighted by molar-refractivity contribution is 7.17. The Morgan fingerprint density at radius 1 is 1.23 bits per heavy atom. The van der Waals surface area contributed by atoms with E-state index in [0.29, 0.717) is 48.0 Å². The van der Waals surface area contributed by atoms with Crippen LogP contribution in [0.4, 0.5) is 10.9 Å². The summed E-state index contributed by atoms with van der Waals surface area (Å²) in [5.74, 6) is 0.216. The van der Waals surface area contributed by atoms with Gasteiger partial charge < -0.3 is 9.80 Å². The van der Waals surface area contributed by atoms with E-state index in [-0.39, 0.29) is 22.0 Å². The number of anilines is 1. The van der Waals surface area contributed by atoms with Gasteiger partial charge in [0.25, 0.3) is 11.5 Å². The van der Waals surface area contributed by atoms with Gasteiger partial charge in [0.1, 0.15) is 5.39 Å². The number of thiophene rings is 1. The summed E-state index contributed by atoms with van der Waals surface area (Å²) in [6.07, 6.45) is 1.52. The van der Waals surface area contributed by atoms with Crippen molar-refractivity contribution < 1.29 is 9.72 Å². The lowest BCUT2D eigenvalue weighted by atomic mass is 10.1. The molecular formula is C18H21N7O4S. The number of amides is 1. The number of nitro groups is 1. The molecule has 0 atom stereocenters. The van der Waals surface area contributed by atoms with Gasteiger partial charge in [-0.1, -0.05) is 11.3 Å². The molecule has 0 saturated carbocycles. The molecule has 1 fully saturated rings.